The van der Waals surface area contributed by atoms with Crippen LogP contribution in [0.1, 0.15) is 12.8 Å². The van der Waals surface area contributed by atoms with Gasteiger partial charge >= 0.3 is 0 Å². The van der Waals surface area contributed by atoms with Gasteiger partial charge in [-0.3, -0.25) is 4.79 Å². The fraction of sp³-hybridized carbons (Fsp3) is 0.444. The molecule has 2 fully saturated rings. The summed E-state index contributed by atoms with van der Waals surface area (Å²) in [6.07, 6.45) is 11.0. The number of hydrogen-bond donors (Lipinski definition) is 1. The zero-order chi connectivity index (χ0) is 17.7. The number of amides is 1. The quantitative estimate of drug-likeness (QED) is 0.766. The number of aromatic nitrogens is 5. The van der Waals surface area contributed by atoms with E-state index < -0.39 is 0 Å². The molecule has 1 atom stereocenters. The molecule has 134 valence electrons. The summed E-state index contributed by atoms with van der Waals surface area (Å²) >= 11 is 0. The molecule has 3 aromatic rings. The van der Waals surface area contributed by atoms with Crippen LogP contribution < -0.4 is 4.90 Å². The number of rotatable bonds is 4. The minimum atomic E-state index is 0.152. The molecule has 8 nitrogen and oxygen atoms in total. The second kappa shape index (κ2) is 5.55. The number of fused-ring (bicyclic) bond motifs is 1. The van der Waals surface area contributed by atoms with Crippen LogP contribution in [0.25, 0.3) is 11.0 Å². The van der Waals surface area contributed by atoms with Gasteiger partial charge in [0, 0.05) is 44.1 Å². The van der Waals surface area contributed by atoms with Crippen LogP contribution in [0, 0.1) is 5.41 Å². The summed E-state index contributed by atoms with van der Waals surface area (Å²) in [7, 11) is 2.09. The van der Waals surface area contributed by atoms with Gasteiger partial charge in [-0.2, -0.15) is 0 Å². The first-order valence-corrected chi connectivity index (χ1v) is 8.91. The third kappa shape index (κ3) is 2.36. The summed E-state index contributed by atoms with van der Waals surface area (Å²) < 4.78 is 1.83. The molecule has 0 bridgehead atoms. The summed E-state index contributed by atoms with van der Waals surface area (Å²) in [6.45, 7) is 1.92. The Hall–Kier alpha value is -2.90. The average molecular weight is 351 g/mol. The van der Waals surface area contributed by atoms with Gasteiger partial charge in [-0.05, 0) is 18.9 Å². The van der Waals surface area contributed by atoms with Crippen molar-refractivity contribution in [3.8, 4) is 0 Å². The fourth-order valence-electron chi connectivity index (χ4n) is 4.25. The Balaban J connectivity index is 1.39. The number of anilines is 1. The Morgan fingerprint density at radius 3 is 3.08 bits per heavy atom. The topological polar surface area (TPSA) is 82.9 Å². The van der Waals surface area contributed by atoms with E-state index in [0.717, 1.165) is 42.8 Å². The molecule has 1 aliphatic carbocycles. The highest BCUT2D eigenvalue weighted by Crippen LogP contribution is 2.55. The highest BCUT2D eigenvalue weighted by Gasteiger charge is 2.57. The van der Waals surface area contributed by atoms with Crippen LogP contribution in [0.5, 0.6) is 0 Å². The van der Waals surface area contributed by atoms with Gasteiger partial charge in [0.2, 0.25) is 5.91 Å². The number of likely N-dealkylation sites (N-methyl/N-ethyl adjacent to an activating group) is 1. The number of carbonyl (C=O) groups excluding carboxylic acids is 1. The van der Waals surface area contributed by atoms with Crippen LogP contribution in [0.4, 0.5) is 5.82 Å². The Morgan fingerprint density at radius 2 is 2.31 bits per heavy atom. The van der Waals surface area contributed by atoms with Crippen molar-refractivity contribution in [2.45, 2.75) is 25.4 Å². The Labute approximate surface area is 150 Å². The van der Waals surface area contributed by atoms with Crippen molar-refractivity contribution in [1.29, 1.82) is 0 Å². The lowest BCUT2D eigenvalue weighted by molar-refractivity contribution is -0.131. The highest BCUT2D eigenvalue weighted by molar-refractivity contribution is 5.87. The largest absolute Gasteiger partial charge is 0.354 e. The van der Waals surface area contributed by atoms with Crippen LogP contribution in [0.15, 0.2) is 37.3 Å². The number of nitrogens with one attached hydrogen (secondary N) is 1. The van der Waals surface area contributed by atoms with Crippen molar-refractivity contribution in [2.24, 2.45) is 5.41 Å². The molecular weight excluding hydrogens is 330 g/mol. The number of hydrogen-bond acceptors (Lipinski definition) is 5. The van der Waals surface area contributed by atoms with Crippen LogP contribution in [-0.4, -0.2) is 61.5 Å². The molecule has 1 spiro atoms. The Bertz CT molecular complexity index is 944. The molecular formula is C18H21N7O. The van der Waals surface area contributed by atoms with Crippen molar-refractivity contribution in [2.75, 3.05) is 25.0 Å². The van der Waals surface area contributed by atoms with E-state index in [-0.39, 0.29) is 17.4 Å². The second-order valence-electron chi connectivity index (χ2n) is 7.44. The van der Waals surface area contributed by atoms with E-state index in [2.05, 4.69) is 31.9 Å². The third-order valence-electron chi connectivity index (χ3n) is 5.86. The number of imidazole rings is 1. The summed E-state index contributed by atoms with van der Waals surface area (Å²) in [5, 5.41) is 1.02. The molecule has 1 saturated heterocycles. The molecule has 2 aliphatic rings. The fourth-order valence-corrected chi connectivity index (χ4v) is 4.25. The molecule has 0 radical (unpaired) electrons. The molecule has 1 N–H and O–H groups in total. The zero-order valence-electron chi connectivity index (χ0n) is 14.7. The van der Waals surface area contributed by atoms with E-state index in [9.17, 15) is 4.79 Å². The maximum absolute atomic E-state index is 12.7. The predicted molar refractivity (Wildman–Crippen MR) is 96.6 cm³/mol. The van der Waals surface area contributed by atoms with Crippen molar-refractivity contribution in [1.82, 2.24) is 29.4 Å². The SMILES string of the molecule is CN(c1ncnc2[nH]ccc12)C1CN(C(=O)Cn2ccnc2)CC12CC2. The van der Waals surface area contributed by atoms with Crippen LogP contribution in [0.3, 0.4) is 0 Å². The molecule has 3 aromatic heterocycles. The van der Waals surface area contributed by atoms with Crippen LogP contribution in [0.2, 0.25) is 0 Å². The van der Waals surface area contributed by atoms with Crippen molar-refractivity contribution in [3.63, 3.8) is 0 Å². The third-order valence-corrected chi connectivity index (χ3v) is 5.86. The van der Waals surface area contributed by atoms with E-state index >= 15 is 0 Å². The monoisotopic (exact) mass is 351 g/mol. The summed E-state index contributed by atoms with van der Waals surface area (Å²) in [5.74, 6) is 1.08. The molecule has 0 aromatic carbocycles. The molecule has 1 unspecified atom stereocenters. The number of aromatic amines is 1. The van der Waals surface area contributed by atoms with Crippen LogP contribution >= 0.6 is 0 Å². The van der Waals surface area contributed by atoms with Crippen LogP contribution in [-0.2, 0) is 11.3 Å². The minimum absolute atomic E-state index is 0.152. The molecule has 8 heteroatoms. The minimum Gasteiger partial charge on any atom is -0.354 e. The normalized spacial score (nSPS) is 20.8. The molecule has 1 saturated carbocycles. The summed E-state index contributed by atoms with van der Waals surface area (Å²) in [5.41, 5.74) is 1.05. The lowest BCUT2D eigenvalue weighted by Crippen LogP contribution is -2.40. The molecule has 1 amide bonds. The molecule has 5 rings (SSSR count). The van der Waals surface area contributed by atoms with Gasteiger partial charge in [-0.1, -0.05) is 0 Å². The highest BCUT2D eigenvalue weighted by atomic mass is 16.2. The average Bonchev–Trinajstić information content (AvgIpc) is 3.03. The van der Waals surface area contributed by atoms with E-state index in [1.807, 2.05) is 27.9 Å². The van der Waals surface area contributed by atoms with E-state index in [1.54, 1.807) is 18.9 Å². The first kappa shape index (κ1) is 15.4. The van der Waals surface area contributed by atoms with Gasteiger partial charge in [0.1, 0.15) is 24.3 Å². The summed E-state index contributed by atoms with van der Waals surface area (Å²) in [4.78, 5) is 32.9. The first-order chi connectivity index (χ1) is 12.7. The number of carbonyl (C=O) groups is 1. The lowest BCUT2D eigenvalue weighted by Gasteiger charge is -2.30. The lowest BCUT2D eigenvalue weighted by atomic mass is 9.99. The van der Waals surface area contributed by atoms with Gasteiger partial charge in [0.15, 0.2) is 0 Å². The second-order valence-corrected chi connectivity index (χ2v) is 7.44. The maximum Gasteiger partial charge on any atom is 0.242 e. The number of nitrogens with zero attached hydrogens (tertiary/aromatic N) is 6. The van der Waals surface area contributed by atoms with Gasteiger partial charge < -0.3 is 19.4 Å². The van der Waals surface area contributed by atoms with E-state index in [4.69, 9.17) is 0 Å². The molecule has 4 heterocycles. The van der Waals surface area contributed by atoms with Crippen molar-refractivity contribution in [3.05, 3.63) is 37.3 Å². The smallest absolute Gasteiger partial charge is 0.242 e. The van der Waals surface area contributed by atoms with Gasteiger partial charge in [0.25, 0.3) is 0 Å². The van der Waals surface area contributed by atoms with Gasteiger partial charge in [0.05, 0.1) is 17.8 Å². The van der Waals surface area contributed by atoms with Crippen molar-refractivity contribution < 1.29 is 4.79 Å². The van der Waals surface area contributed by atoms with Crippen molar-refractivity contribution >= 4 is 22.8 Å². The summed E-state index contributed by atoms with van der Waals surface area (Å²) in [6, 6.07) is 2.29. The zero-order valence-corrected chi connectivity index (χ0v) is 14.7. The van der Waals surface area contributed by atoms with E-state index in [1.165, 1.54) is 0 Å². The number of likely N-dealkylation sites (tertiary alicyclic amines) is 1. The molecule has 1 aliphatic heterocycles. The first-order valence-electron chi connectivity index (χ1n) is 8.91. The van der Waals surface area contributed by atoms with E-state index in [0.29, 0.717) is 6.54 Å². The Kier molecular flexibility index (Phi) is 3.28. The van der Waals surface area contributed by atoms with Gasteiger partial charge in [-0.25, -0.2) is 15.0 Å². The standard InChI is InChI=1S/C18H21N7O/c1-23(17-13-2-5-20-16(13)21-11-22-17)14-8-25(10-18(14)3-4-18)15(26)9-24-7-6-19-12-24/h2,5-7,11-12,14H,3-4,8-10H2,1H3,(H,20,21,22). The predicted octanol–water partition coefficient (Wildman–Crippen LogP) is 1.28. The Morgan fingerprint density at radius 1 is 1.42 bits per heavy atom. The molecule has 26 heavy (non-hydrogen) atoms. The number of H-pyrrole nitrogens is 1. The maximum atomic E-state index is 12.7. The van der Waals surface area contributed by atoms with Gasteiger partial charge in [-0.15, -0.1) is 0 Å².